The Hall–Kier alpha value is -2.37. The molecule has 1 atom stereocenters. The highest BCUT2D eigenvalue weighted by atomic mass is 31.1. The van der Waals surface area contributed by atoms with Gasteiger partial charge in [-0.05, 0) is 50.6 Å². The van der Waals surface area contributed by atoms with Crippen LogP contribution in [0.25, 0.3) is 17.2 Å². The molecule has 0 aliphatic carbocycles. The number of rotatable bonds is 8. The first-order chi connectivity index (χ1) is 13.2. The molecule has 0 N–H and O–H groups in total. The Morgan fingerprint density at radius 3 is 2.21 bits per heavy atom. The van der Waals surface area contributed by atoms with Crippen LogP contribution in [0.5, 0.6) is 11.5 Å². The molecule has 0 bridgehead atoms. The van der Waals surface area contributed by atoms with Crippen molar-refractivity contribution in [2.24, 2.45) is 0 Å². The van der Waals surface area contributed by atoms with E-state index >= 15 is 0 Å². The molecule has 0 aromatic heterocycles. The van der Waals surface area contributed by atoms with Crippen molar-refractivity contribution in [1.29, 1.82) is 0 Å². The van der Waals surface area contributed by atoms with Crippen molar-refractivity contribution in [2.45, 2.75) is 33.1 Å². The van der Waals surface area contributed by atoms with Crippen LogP contribution >= 0.6 is 8.25 Å². The highest BCUT2D eigenvalue weighted by molar-refractivity contribution is 7.33. The molecular weight excluding hydrogens is 392 g/mol. The molecule has 0 saturated heterocycles. The van der Waals surface area contributed by atoms with Crippen molar-refractivity contribution in [3.8, 4) is 22.6 Å². The van der Waals surface area contributed by atoms with Gasteiger partial charge in [0.25, 0.3) is 0 Å². The maximum absolute atomic E-state index is 12.9. The number of halogens is 3. The van der Waals surface area contributed by atoms with Crippen LogP contribution in [0.3, 0.4) is 0 Å². The number of hydrogen-bond donors (Lipinski definition) is 0. The van der Waals surface area contributed by atoms with E-state index in [0.29, 0.717) is 22.4 Å². The summed E-state index contributed by atoms with van der Waals surface area (Å²) in [6.45, 7) is 9.33. The quantitative estimate of drug-likeness (QED) is 0.443. The summed E-state index contributed by atoms with van der Waals surface area (Å²) in [5.74, 6) is 0.680. The van der Waals surface area contributed by atoms with Gasteiger partial charge in [0.2, 0.25) is 0 Å². The highest BCUT2D eigenvalue weighted by Gasteiger charge is 2.31. The van der Waals surface area contributed by atoms with Crippen molar-refractivity contribution in [3.63, 3.8) is 0 Å². The Kier molecular flexibility index (Phi) is 7.22. The van der Waals surface area contributed by atoms with Gasteiger partial charge in [0.05, 0.1) is 11.7 Å². The van der Waals surface area contributed by atoms with E-state index in [2.05, 4.69) is 6.58 Å². The number of benzene rings is 2. The smallest absolute Gasteiger partial charge is 0.490 e. The molecule has 0 fully saturated rings. The van der Waals surface area contributed by atoms with Crippen LogP contribution in [0.15, 0.2) is 43.0 Å². The standard InChI is InChI=1S/C20H21F3O4P/c1-5-16-17(26-13(3)4)11-12-18(27-28(24)25-6-2)19(16)14-7-9-15(10-8-14)20(21,22)23/h5,7-13H,1,6H2,2-4H3/q+1. The SMILES string of the molecule is C=Cc1c(OC(C)C)ccc(O[P+](=O)OCC)c1-c1ccc(C(F)(F)F)cc1. The highest BCUT2D eigenvalue weighted by Crippen LogP contribution is 2.43. The molecule has 2 aromatic rings. The minimum absolute atomic E-state index is 0.133. The number of hydrogen-bond acceptors (Lipinski definition) is 4. The summed E-state index contributed by atoms with van der Waals surface area (Å²) in [7, 11) is -2.44. The molecule has 8 heteroatoms. The second-order valence-corrected chi connectivity index (χ2v) is 6.92. The van der Waals surface area contributed by atoms with Crippen LogP contribution in [0.1, 0.15) is 31.9 Å². The molecule has 0 spiro atoms. The molecule has 0 heterocycles. The Balaban J connectivity index is 2.61. The predicted octanol–water partition coefficient (Wildman–Crippen LogP) is 6.88. The first-order valence-corrected chi connectivity index (χ1v) is 9.68. The lowest BCUT2D eigenvalue weighted by Gasteiger charge is -2.17. The minimum Gasteiger partial charge on any atom is -0.490 e. The third kappa shape index (κ3) is 5.33. The van der Waals surface area contributed by atoms with Crippen LogP contribution < -0.4 is 9.26 Å². The summed E-state index contributed by atoms with van der Waals surface area (Å²) in [6.07, 6.45) is -3.06. The average Bonchev–Trinajstić information content (AvgIpc) is 2.61. The van der Waals surface area contributed by atoms with Crippen LogP contribution in [0, 0.1) is 0 Å². The molecule has 0 amide bonds. The fourth-order valence-corrected chi connectivity index (χ4v) is 3.13. The van der Waals surface area contributed by atoms with Crippen LogP contribution in [0.2, 0.25) is 0 Å². The van der Waals surface area contributed by atoms with E-state index in [4.69, 9.17) is 13.8 Å². The summed E-state index contributed by atoms with van der Waals surface area (Å²) in [4.78, 5) is 0. The molecule has 0 radical (unpaired) electrons. The largest absolute Gasteiger partial charge is 0.750 e. The molecule has 0 aliphatic rings. The van der Waals surface area contributed by atoms with E-state index in [-0.39, 0.29) is 18.5 Å². The Labute approximate surface area is 162 Å². The summed E-state index contributed by atoms with van der Waals surface area (Å²) in [5, 5.41) is 0. The van der Waals surface area contributed by atoms with E-state index in [1.807, 2.05) is 13.8 Å². The molecule has 4 nitrogen and oxygen atoms in total. The Morgan fingerprint density at radius 2 is 1.71 bits per heavy atom. The van der Waals surface area contributed by atoms with Crippen molar-refractivity contribution >= 4 is 14.3 Å². The van der Waals surface area contributed by atoms with Gasteiger partial charge in [0, 0.05) is 15.7 Å². The molecule has 150 valence electrons. The first kappa shape index (κ1) is 21.9. The molecule has 2 aromatic carbocycles. The van der Waals surface area contributed by atoms with Crippen molar-refractivity contribution < 1.29 is 31.5 Å². The third-order valence-electron chi connectivity index (χ3n) is 3.64. The van der Waals surface area contributed by atoms with E-state index in [0.717, 1.165) is 12.1 Å². The molecule has 2 rings (SSSR count). The maximum atomic E-state index is 12.9. The topological polar surface area (TPSA) is 44.8 Å². The van der Waals surface area contributed by atoms with Gasteiger partial charge in [-0.3, -0.25) is 0 Å². The van der Waals surface area contributed by atoms with Gasteiger partial charge in [0.1, 0.15) is 12.4 Å². The predicted molar refractivity (Wildman–Crippen MR) is 103 cm³/mol. The summed E-state index contributed by atoms with van der Waals surface area (Å²) < 4.78 is 66.8. The molecule has 0 saturated carbocycles. The fraction of sp³-hybridized carbons (Fsp3) is 0.300. The van der Waals surface area contributed by atoms with Gasteiger partial charge in [-0.2, -0.15) is 13.2 Å². The summed E-state index contributed by atoms with van der Waals surface area (Å²) >= 11 is 0. The normalized spacial score (nSPS) is 12.0. The Bertz CT molecular complexity index is 846. The Morgan fingerprint density at radius 1 is 1.11 bits per heavy atom. The van der Waals surface area contributed by atoms with Crippen molar-refractivity contribution in [1.82, 2.24) is 0 Å². The lowest BCUT2D eigenvalue weighted by molar-refractivity contribution is -0.137. The zero-order valence-corrected chi connectivity index (χ0v) is 16.6. The van der Waals surface area contributed by atoms with E-state index in [1.54, 1.807) is 19.1 Å². The van der Waals surface area contributed by atoms with Gasteiger partial charge in [-0.1, -0.05) is 24.8 Å². The van der Waals surface area contributed by atoms with Crippen LogP contribution in [0.4, 0.5) is 13.2 Å². The van der Waals surface area contributed by atoms with Gasteiger partial charge in [-0.15, -0.1) is 4.52 Å². The third-order valence-corrected chi connectivity index (χ3v) is 4.46. The van der Waals surface area contributed by atoms with Gasteiger partial charge >= 0.3 is 14.4 Å². The summed E-state index contributed by atoms with van der Waals surface area (Å²) in [5.41, 5.74) is 0.608. The zero-order chi connectivity index (χ0) is 20.9. The number of alkyl halides is 3. The second-order valence-electron chi connectivity index (χ2n) is 6.03. The summed E-state index contributed by atoms with van der Waals surface area (Å²) in [6, 6.07) is 7.78. The first-order valence-electron chi connectivity index (χ1n) is 8.59. The van der Waals surface area contributed by atoms with Gasteiger partial charge in [0.15, 0.2) is 5.75 Å². The molecule has 28 heavy (non-hydrogen) atoms. The molecular formula is C20H21F3O4P+. The lowest BCUT2D eigenvalue weighted by atomic mass is 9.96. The van der Waals surface area contributed by atoms with Crippen molar-refractivity contribution in [2.75, 3.05) is 6.61 Å². The molecule has 1 unspecified atom stereocenters. The molecule has 0 aliphatic heterocycles. The lowest BCUT2D eigenvalue weighted by Crippen LogP contribution is -2.07. The van der Waals surface area contributed by atoms with Crippen LogP contribution in [-0.2, 0) is 15.3 Å². The average molecular weight is 413 g/mol. The van der Waals surface area contributed by atoms with E-state index < -0.39 is 20.0 Å². The second kappa shape index (κ2) is 9.22. The number of ether oxygens (including phenoxy) is 1. The maximum Gasteiger partial charge on any atom is 0.750 e. The van der Waals surface area contributed by atoms with E-state index in [1.165, 1.54) is 18.2 Å². The van der Waals surface area contributed by atoms with E-state index in [9.17, 15) is 17.7 Å². The fourth-order valence-electron chi connectivity index (χ4n) is 2.55. The zero-order valence-electron chi connectivity index (χ0n) is 15.7. The van der Waals surface area contributed by atoms with Gasteiger partial charge in [-0.25, -0.2) is 4.52 Å². The monoisotopic (exact) mass is 413 g/mol. The van der Waals surface area contributed by atoms with Crippen LogP contribution in [-0.4, -0.2) is 12.7 Å². The van der Waals surface area contributed by atoms with Crippen molar-refractivity contribution in [3.05, 3.63) is 54.1 Å². The minimum atomic E-state index is -4.44. The van der Waals surface area contributed by atoms with Gasteiger partial charge < -0.3 is 4.74 Å².